The van der Waals surface area contributed by atoms with Gasteiger partial charge in [0, 0.05) is 23.3 Å². The minimum atomic E-state index is -1.20. The van der Waals surface area contributed by atoms with Crippen molar-refractivity contribution in [2.75, 3.05) is 18.9 Å². The minimum Gasteiger partial charge on any atom is -0.477 e. The lowest BCUT2D eigenvalue weighted by atomic mass is 10.0. The summed E-state index contributed by atoms with van der Waals surface area (Å²) >= 11 is 2.23. The summed E-state index contributed by atoms with van der Waals surface area (Å²) in [7, 11) is 0. The fourth-order valence-corrected chi connectivity index (χ4v) is 4.38. The number of rotatable bonds is 7. The number of aromatic nitrogens is 2. The summed E-state index contributed by atoms with van der Waals surface area (Å²) in [4.78, 5) is 46.5. The molecule has 3 heterocycles. The van der Waals surface area contributed by atoms with Gasteiger partial charge in [0.25, 0.3) is 11.8 Å². The molecule has 0 aliphatic carbocycles. The highest BCUT2D eigenvalue weighted by Gasteiger charge is 2.54. The summed E-state index contributed by atoms with van der Waals surface area (Å²) in [6, 6.07) is -0.918. The third-order valence-corrected chi connectivity index (χ3v) is 5.66. The zero-order valence-corrected chi connectivity index (χ0v) is 16.2. The van der Waals surface area contributed by atoms with Gasteiger partial charge in [0.15, 0.2) is 5.13 Å². The Bertz CT molecular complexity index is 870. The molecule has 1 fully saturated rings. The molecular formula is C14H17N7O5S2. The summed E-state index contributed by atoms with van der Waals surface area (Å²) in [6.45, 7) is 2.06. The molecule has 0 radical (unpaired) electrons. The Morgan fingerprint density at radius 1 is 1.50 bits per heavy atom. The van der Waals surface area contributed by atoms with Crippen LogP contribution in [0, 0.1) is 0 Å². The van der Waals surface area contributed by atoms with Crippen molar-refractivity contribution in [3.63, 3.8) is 0 Å². The first kappa shape index (κ1) is 20.0. The average molecular weight is 427 g/mol. The fraction of sp³-hybridized carbons (Fsp3) is 0.429. The molecule has 150 valence electrons. The maximum atomic E-state index is 12.7. The van der Waals surface area contributed by atoms with E-state index in [0.717, 1.165) is 16.4 Å². The lowest BCUT2D eigenvalue weighted by Crippen LogP contribution is -2.71. The van der Waals surface area contributed by atoms with E-state index in [1.165, 1.54) is 17.8 Å². The van der Waals surface area contributed by atoms with Gasteiger partial charge in [-0.15, -0.1) is 11.8 Å². The van der Waals surface area contributed by atoms with Crippen molar-refractivity contribution < 1.29 is 24.3 Å². The van der Waals surface area contributed by atoms with Crippen LogP contribution in [0.5, 0.6) is 0 Å². The van der Waals surface area contributed by atoms with Gasteiger partial charge in [0.1, 0.15) is 23.7 Å². The van der Waals surface area contributed by atoms with E-state index in [0.29, 0.717) is 0 Å². The van der Waals surface area contributed by atoms with Crippen molar-refractivity contribution in [1.29, 1.82) is 0 Å². The van der Waals surface area contributed by atoms with Crippen molar-refractivity contribution in [3.8, 4) is 0 Å². The minimum absolute atomic E-state index is 0.0450. The summed E-state index contributed by atoms with van der Waals surface area (Å²) in [6.07, 6.45) is 1.50. The standard InChI is InChI=1S/C14H17N7O5S2/c1-5-4-6(13(24)25)21-11(23)8(12(21)27-5)17-10(22)7(19-26-3-2-15)9-18-14(16)28-20-9/h4-5,8,12H,2-3,15H2,1H3,(H,17,22)(H,24,25)(H2,16,18,20)/b19-7+/t5?,8?,12-/m1/s1. The number of carbonyl (C=O) groups is 3. The highest BCUT2D eigenvalue weighted by atomic mass is 32.2. The molecule has 0 aromatic carbocycles. The number of thioether (sulfide) groups is 1. The Morgan fingerprint density at radius 3 is 2.86 bits per heavy atom. The van der Waals surface area contributed by atoms with Crippen molar-refractivity contribution >= 4 is 51.9 Å². The second-order valence-electron chi connectivity index (χ2n) is 5.77. The molecule has 2 unspecified atom stereocenters. The van der Waals surface area contributed by atoms with E-state index in [4.69, 9.17) is 16.3 Å². The number of nitrogens with one attached hydrogen (secondary N) is 1. The number of nitrogens with zero attached hydrogens (tertiary/aromatic N) is 4. The van der Waals surface area contributed by atoms with Crippen molar-refractivity contribution in [3.05, 3.63) is 17.6 Å². The third kappa shape index (κ3) is 3.79. The van der Waals surface area contributed by atoms with Crippen LogP contribution in [0.15, 0.2) is 16.9 Å². The number of nitrogens with two attached hydrogens (primary N) is 2. The maximum Gasteiger partial charge on any atom is 0.352 e. The van der Waals surface area contributed by atoms with Crippen LogP contribution in [0.4, 0.5) is 5.13 Å². The number of nitrogen functional groups attached to an aromatic ring is 1. The summed E-state index contributed by atoms with van der Waals surface area (Å²) in [5.41, 5.74) is 10.5. The van der Waals surface area contributed by atoms with Crippen LogP contribution in [0.1, 0.15) is 12.7 Å². The number of anilines is 1. The number of aliphatic carboxylic acids is 1. The molecule has 2 aliphatic rings. The largest absolute Gasteiger partial charge is 0.477 e. The van der Waals surface area contributed by atoms with E-state index in [2.05, 4.69) is 19.8 Å². The lowest BCUT2D eigenvalue weighted by molar-refractivity contribution is -0.150. The molecule has 28 heavy (non-hydrogen) atoms. The molecule has 6 N–H and O–H groups in total. The number of carboxylic acids is 1. The molecule has 14 heteroatoms. The van der Waals surface area contributed by atoms with Crippen LogP contribution in [-0.4, -0.2) is 72.7 Å². The number of carboxylic acid groups (broad SMARTS) is 1. The van der Waals surface area contributed by atoms with E-state index in [-0.39, 0.29) is 40.8 Å². The molecule has 1 aromatic rings. The van der Waals surface area contributed by atoms with Crippen LogP contribution >= 0.6 is 23.3 Å². The molecule has 3 rings (SSSR count). The second-order valence-corrected chi connectivity index (χ2v) is 8.05. The van der Waals surface area contributed by atoms with E-state index < -0.39 is 29.2 Å². The van der Waals surface area contributed by atoms with Gasteiger partial charge < -0.3 is 26.7 Å². The Hall–Kier alpha value is -2.71. The molecule has 0 saturated carbocycles. The van der Waals surface area contributed by atoms with Gasteiger partial charge in [-0.1, -0.05) is 5.16 Å². The molecule has 2 amide bonds. The van der Waals surface area contributed by atoms with Gasteiger partial charge in [0.05, 0.1) is 0 Å². The smallest absolute Gasteiger partial charge is 0.352 e. The van der Waals surface area contributed by atoms with Gasteiger partial charge in [-0.3, -0.25) is 14.5 Å². The summed E-state index contributed by atoms with van der Waals surface area (Å²) in [5, 5.41) is 15.0. The first-order valence-corrected chi connectivity index (χ1v) is 9.79. The highest BCUT2D eigenvalue weighted by molar-refractivity contribution is 8.00. The number of hydrogen-bond acceptors (Lipinski definition) is 11. The number of β-lactam (4-membered cyclic amide) rings is 1. The maximum absolute atomic E-state index is 12.7. The number of hydrogen-bond donors (Lipinski definition) is 4. The zero-order valence-electron chi connectivity index (χ0n) is 14.6. The van der Waals surface area contributed by atoms with Gasteiger partial charge >= 0.3 is 5.97 Å². The van der Waals surface area contributed by atoms with Gasteiger partial charge in [-0.05, 0) is 13.0 Å². The Kier molecular flexibility index (Phi) is 5.81. The highest BCUT2D eigenvalue weighted by Crippen LogP contribution is 2.40. The van der Waals surface area contributed by atoms with Gasteiger partial charge in [-0.25, -0.2) is 4.79 Å². The fourth-order valence-electron chi connectivity index (χ4n) is 2.62. The monoisotopic (exact) mass is 427 g/mol. The van der Waals surface area contributed by atoms with Crippen molar-refractivity contribution in [1.82, 2.24) is 19.6 Å². The van der Waals surface area contributed by atoms with Crippen molar-refractivity contribution in [2.45, 2.75) is 23.6 Å². The quantitative estimate of drug-likeness (QED) is 0.174. The number of fused-ring (bicyclic) bond motifs is 1. The third-order valence-electron chi connectivity index (χ3n) is 3.79. The Morgan fingerprint density at radius 2 is 2.25 bits per heavy atom. The number of carbonyl (C=O) groups excluding carboxylic acids is 2. The summed E-state index contributed by atoms with van der Waals surface area (Å²) < 4.78 is 3.93. The zero-order chi connectivity index (χ0) is 20.4. The number of oxime groups is 1. The van der Waals surface area contributed by atoms with Crippen molar-refractivity contribution in [2.24, 2.45) is 10.9 Å². The van der Waals surface area contributed by atoms with E-state index in [1.807, 2.05) is 6.92 Å². The first-order chi connectivity index (χ1) is 13.3. The molecule has 1 saturated heterocycles. The number of amides is 2. The normalized spacial score (nSPS) is 24.1. The molecule has 12 nitrogen and oxygen atoms in total. The Balaban J connectivity index is 1.77. The van der Waals surface area contributed by atoms with Crippen LogP contribution in [0.25, 0.3) is 0 Å². The SMILES string of the molecule is CC1C=C(C(=O)O)N2C(=O)C(NC(=O)/C(=N/OCCN)c3nsc(N)n3)[C@H]2S1. The molecule has 1 aromatic heterocycles. The second kappa shape index (κ2) is 8.12. The molecule has 2 aliphatic heterocycles. The van der Waals surface area contributed by atoms with Crippen LogP contribution in [-0.2, 0) is 19.2 Å². The Labute approximate surface area is 167 Å². The van der Waals surface area contributed by atoms with Crippen LogP contribution in [0.3, 0.4) is 0 Å². The van der Waals surface area contributed by atoms with Gasteiger partial charge in [-0.2, -0.15) is 9.36 Å². The summed E-state index contributed by atoms with van der Waals surface area (Å²) in [5.74, 6) is -2.52. The van der Waals surface area contributed by atoms with Gasteiger partial charge in [0.2, 0.25) is 11.5 Å². The van der Waals surface area contributed by atoms with E-state index in [1.54, 1.807) is 0 Å². The first-order valence-electron chi connectivity index (χ1n) is 8.07. The van der Waals surface area contributed by atoms with Crippen LogP contribution in [0.2, 0.25) is 0 Å². The lowest BCUT2D eigenvalue weighted by Gasteiger charge is -2.49. The molecule has 0 bridgehead atoms. The van der Waals surface area contributed by atoms with Crippen LogP contribution < -0.4 is 16.8 Å². The molecular weight excluding hydrogens is 410 g/mol. The predicted octanol–water partition coefficient (Wildman–Crippen LogP) is -1.44. The molecule has 3 atom stereocenters. The van der Waals surface area contributed by atoms with E-state index in [9.17, 15) is 19.5 Å². The predicted molar refractivity (Wildman–Crippen MR) is 101 cm³/mol. The topological polar surface area (TPSA) is 186 Å². The van der Waals surface area contributed by atoms with E-state index >= 15 is 0 Å². The molecule has 0 spiro atoms. The average Bonchev–Trinajstić information content (AvgIpc) is 3.08.